The molecule has 1 aromatic rings. The zero-order valence-corrected chi connectivity index (χ0v) is 10.4. The van der Waals surface area contributed by atoms with Crippen LogP contribution in [0.2, 0.25) is 0 Å². The van der Waals surface area contributed by atoms with E-state index in [2.05, 4.69) is 0 Å². The zero-order valence-electron chi connectivity index (χ0n) is 9.60. The molecule has 0 aliphatic rings. The third-order valence-corrected chi connectivity index (χ3v) is 3.52. The van der Waals surface area contributed by atoms with Crippen LogP contribution in [0, 0.1) is 0 Å². The second-order valence-corrected chi connectivity index (χ2v) is 6.16. The van der Waals surface area contributed by atoms with Crippen molar-refractivity contribution in [1.29, 1.82) is 0 Å². The average molecular weight is 242 g/mol. The molecule has 0 aliphatic carbocycles. The minimum absolute atomic E-state index is 0.119. The van der Waals surface area contributed by atoms with E-state index in [-0.39, 0.29) is 10.9 Å². The van der Waals surface area contributed by atoms with Crippen LogP contribution in [0.3, 0.4) is 0 Å². The highest BCUT2D eigenvalue weighted by molar-refractivity contribution is 7.90. The molecule has 5 heteroatoms. The van der Waals surface area contributed by atoms with Crippen molar-refractivity contribution in [2.24, 2.45) is 5.73 Å². The summed E-state index contributed by atoms with van der Waals surface area (Å²) in [6, 6.07) is 4.97. The van der Waals surface area contributed by atoms with E-state index in [0.29, 0.717) is 5.69 Å². The molecule has 1 aromatic carbocycles. The summed E-state index contributed by atoms with van der Waals surface area (Å²) in [6.45, 7) is 1.93. The lowest BCUT2D eigenvalue weighted by molar-refractivity contribution is 0.602. The van der Waals surface area contributed by atoms with E-state index in [4.69, 9.17) is 11.5 Å². The Labute approximate surface area is 96.6 Å². The van der Waals surface area contributed by atoms with E-state index in [0.717, 1.165) is 18.4 Å². The van der Waals surface area contributed by atoms with Gasteiger partial charge in [0.2, 0.25) is 0 Å². The SMILES string of the molecule is CC(N)CCc1ccc(S(C)(=O)=O)cc1N. The fourth-order valence-electron chi connectivity index (χ4n) is 1.41. The number of benzene rings is 1. The number of nitrogen functional groups attached to an aromatic ring is 1. The van der Waals surface area contributed by atoms with Crippen LogP contribution in [-0.2, 0) is 16.3 Å². The number of hydrogen-bond donors (Lipinski definition) is 2. The van der Waals surface area contributed by atoms with Crippen LogP contribution in [-0.4, -0.2) is 20.7 Å². The topological polar surface area (TPSA) is 86.2 Å². The van der Waals surface area contributed by atoms with Crippen molar-refractivity contribution < 1.29 is 8.42 Å². The maximum atomic E-state index is 11.3. The van der Waals surface area contributed by atoms with Gasteiger partial charge < -0.3 is 11.5 Å². The standard InChI is InChI=1S/C11H18N2O2S/c1-8(12)3-4-9-5-6-10(7-11(9)13)16(2,14)15/h5-8H,3-4,12-13H2,1-2H3. The molecule has 1 rings (SSSR count). The number of hydrogen-bond acceptors (Lipinski definition) is 4. The molecule has 0 fully saturated rings. The summed E-state index contributed by atoms with van der Waals surface area (Å²) in [5.41, 5.74) is 12.9. The van der Waals surface area contributed by atoms with Crippen LogP contribution in [0.1, 0.15) is 18.9 Å². The van der Waals surface area contributed by atoms with Crippen LogP contribution in [0.4, 0.5) is 5.69 Å². The second-order valence-electron chi connectivity index (χ2n) is 4.15. The zero-order chi connectivity index (χ0) is 12.3. The lowest BCUT2D eigenvalue weighted by Gasteiger charge is -2.09. The van der Waals surface area contributed by atoms with Crippen molar-refractivity contribution in [2.45, 2.75) is 30.7 Å². The second kappa shape index (κ2) is 4.84. The van der Waals surface area contributed by atoms with Gasteiger partial charge in [-0.05, 0) is 37.5 Å². The Bertz CT molecular complexity index is 467. The summed E-state index contributed by atoms with van der Waals surface area (Å²) >= 11 is 0. The van der Waals surface area contributed by atoms with Gasteiger partial charge in [0, 0.05) is 18.0 Å². The van der Waals surface area contributed by atoms with Crippen LogP contribution in [0.5, 0.6) is 0 Å². The van der Waals surface area contributed by atoms with Gasteiger partial charge in [-0.1, -0.05) is 6.07 Å². The van der Waals surface area contributed by atoms with Crippen LogP contribution in [0.25, 0.3) is 0 Å². The summed E-state index contributed by atoms with van der Waals surface area (Å²) in [5.74, 6) is 0. The molecule has 0 aromatic heterocycles. The van der Waals surface area contributed by atoms with Gasteiger partial charge >= 0.3 is 0 Å². The third-order valence-electron chi connectivity index (χ3n) is 2.41. The summed E-state index contributed by atoms with van der Waals surface area (Å²) in [5, 5.41) is 0. The molecule has 4 N–H and O–H groups in total. The normalized spacial score (nSPS) is 13.7. The first kappa shape index (κ1) is 13.0. The summed E-state index contributed by atoms with van der Waals surface area (Å²) < 4.78 is 22.6. The van der Waals surface area contributed by atoms with Gasteiger partial charge in [0.25, 0.3) is 0 Å². The van der Waals surface area contributed by atoms with Crippen molar-refractivity contribution in [2.75, 3.05) is 12.0 Å². The van der Waals surface area contributed by atoms with E-state index in [9.17, 15) is 8.42 Å². The number of nitrogens with two attached hydrogens (primary N) is 2. The maximum absolute atomic E-state index is 11.3. The Morgan fingerprint density at radius 3 is 2.44 bits per heavy atom. The van der Waals surface area contributed by atoms with Crippen LogP contribution < -0.4 is 11.5 Å². The molecule has 0 spiro atoms. The molecule has 0 radical (unpaired) electrons. The van der Waals surface area contributed by atoms with Crippen molar-refractivity contribution in [3.63, 3.8) is 0 Å². The van der Waals surface area contributed by atoms with Crippen molar-refractivity contribution in [3.05, 3.63) is 23.8 Å². The molecule has 90 valence electrons. The van der Waals surface area contributed by atoms with E-state index in [1.165, 1.54) is 12.3 Å². The van der Waals surface area contributed by atoms with Gasteiger partial charge in [0.1, 0.15) is 0 Å². The first-order valence-corrected chi connectivity index (χ1v) is 7.04. The smallest absolute Gasteiger partial charge is 0.175 e. The fraction of sp³-hybridized carbons (Fsp3) is 0.455. The van der Waals surface area contributed by atoms with E-state index in [1.54, 1.807) is 12.1 Å². The largest absolute Gasteiger partial charge is 0.398 e. The molecule has 0 bridgehead atoms. The minimum atomic E-state index is -3.18. The van der Waals surface area contributed by atoms with Crippen molar-refractivity contribution in [1.82, 2.24) is 0 Å². The first-order valence-electron chi connectivity index (χ1n) is 5.14. The molecule has 0 amide bonds. The highest BCUT2D eigenvalue weighted by Crippen LogP contribution is 2.19. The molecule has 0 heterocycles. The maximum Gasteiger partial charge on any atom is 0.175 e. The number of aryl methyl sites for hydroxylation is 1. The predicted molar refractivity (Wildman–Crippen MR) is 65.9 cm³/mol. The Morgan fingerprint density at radius 2 is 2.00 bits per heavy atom. The molecule has 1 unspecified atom stereocenters. The fourth-order valence-corrected chi connectivity index (χ4v) is 2.07. The first-order chi connectivity index (χ1) is 7.30. The van der Waals surface area contributed by atoms with Crippen molar-refractivity contribution >= 4 is 15.5 Å². The lowest BCUT2D eigenvalue weighted by atomic mass is 10.1. The molecule has 0 aliphatic heterocycles. The molecule has 1 atom stereocenters. The van der Waals surface area contributed by atoms with Gasteiger partial charge in [-0.2, -0.15) is 0 Å². The summed E-state index contributed by atoms with van der Waals surface area (Å²) in [6.07, 6.45) is 2.78. The molecule has 16 heavy (non-hydrogen) atoms. The number of anilines is 1. The molecular formula is C11H18N2O2S. The van der Waals surface area contributed by atoms with E-state index in [1.807, 2.05) is 6.92 Å². The molecular weight excluding hydrogens is 224 g/mol. The van der Waals surface area contributed by atoms with E-state index >= 15 is 0 Å². The Morgan fingerprint density at radius 1 is 1.38 bits per heavy atom. The average Bonchev–Trinajstić information content (AvgIpc) is 2.14. The summed E-state index contributed by atoms with van der Waals surface area (Å²) in [4.78, 5) is 0.259. The Balaban J connectivity index is 2.92. The summed E-state index contributed by atoms with van der Waals surface area (Å²) in [7, 11) is -3.18. The highest BCUT2D eigenvalue weighted by Gasteiger charge is 2.09. The van der Waals surface area contributed by atoms with Gasteiger partial charge in [-0.15, -0.1) is 0 Å². The third kappa shape index (κ3) is 3.50. The Hall–Kier alpha value is -1.07. The van der Waals surface area contributed by atoms with Crippen LogP contribution >= 0.6 is 0 Å². The van der Waals surface area contributed by atoms with Gasteiger partial charge in [0.15, 0.2) is 9.84 Å². The monoisotopic (exact) mass is 242 g/mol. The number of rotatable bonds is 4. The van der Waals surface area contributed by atoms with Gasteiger partial charge in [0.05, 0.1) is 4.90 Å². The predicted octanol–water partition coefficient (Wildman–Crippen LogP) is 0.952. The Kier molecular flexibility index (Phi) is 3.93. The van der Waals surface area contributed by atoms with Gasteiger partial charge in [-0.25, -0.2) is 8.42 Å². The van der Waals surface area contributed by atoms with Crippen molar-refractivity contribution in [3.8, 4) is 0 Å². The minimum Gasteiger partial charge on any atom is -0.398 e. The molecule has 0 saturated carbocycles. The number of sulfone groups is 1. The van der Waals surface area contributed by atoms with Crippen LogP contribution in [0.15, 0.2) is 23.1 Å². The van der Waals surface area contributed by atoms with E-state index < -0.39 is 9.84 Å². The highest BCUT2D eigenvalue weighted by atomic mass is 32.2. The quantitative estimate of drug-likeness (QED) is 0.770. The molecule has 0 saturated heterocycles. The molecule has 4 nitrogen and oxygen atoms in total. The lowest BCUT2D eigenvalue weighted by Crippen LogP contribution is -2.15. The van der Waals surface area contributed by atoms with Gasteiger partial charge in [-0.3, -0.25) is 0 Å².